The Hall–Kier alpha value is -2.48. The van der Waals surface area contributed by atoms with Crippen molar-refractivity contribution in [3.8, 4) is 11.5 Å². The van der Waals surface area contributed by atoms with Crippen molar-refractivity contribution >= 4 is 46.4 Å². The number of amides is 2. The van der Waals surface area contributed by atoms with E-state index >= 15 is 0 Å². The maximum absolute atomic E-state index is 12.7. The normalized spacial score (nSPS) is 15.3. The molecule has 178 valence electrons. The van der Waals surface area contributed by atoms with Crippen LogP contribution in [0.4, 0.5) is 11.4 Å². The monoisotopic (exact) mass is 493 g/mol. The molecule has 0 spiro atoms. The summed E-state index contributed by atoms with van der Waals surface area (Å²) in [5.41, 5.74) is 1.29. The zero-order valence-electron chi connectivity index (χ0n) is 19.1. The predicted octanol–water partition coefficient (Wildman–Crippen LogP) is 4.86. The molecule has 2 aromatic carbocycles. The van der Waals surface area contributed by atoms with Gasteiger partial charge in [0, 0.05) is 23.7 Å². The van der Waals surface area contributed by atoms with Crippen LogP contribution in [0, 0.1) is 0 Å². The summed E-state index contributed by atoms with van der Waals surface area (Å²) in [6, 6.07) is 10.4. The lowest BCUT2D eigenvalue weighted by Crippen LogP contribution is -2.45. The van der Waals surface area contributed by atoms with Gasteiger partial charge >= 0.3 is 0 Å². The van der Waals surface area contributed by atoms with Crippen LogP contribution in [0.5, 0.6) is 11.5 Å². The zero-order valence-corrected chi connectivity index (χ0v) is 20.6. The van der Waals surface area contributed by atoms with Gasteiger partial charge in [-0.1, -0.05) is 23.2 Å². The standard InChI is InChI=1S/C24H29Cl2N3O4/c1-16-24(31)29(12-5-11-28(2)3)20-15-18(8-10-22(20)33-16)27-23(30)6-4-13-32-21-9-7-17(25)14-19(21)26/h7-10,14-16H,4-6,11-13H2,1-3H3,(H,27,30). The average molecular weight is 494 g/mol. The Balaban J connectivity index is 1.56. The number of ether oxygens (including phenoxy) is 2. The summed E-state index contributed by atoms with van der Waals surface area (Å²) in [6.07, 6.45) is 1.10. The van der Waals surface area contributed by atoms with Gasteiger partial charge in [0.15, 0.2) is 6.10 Å². The molecule has 0 radical (unpaired) electrons. The Morgan fingerprint density at radius 3 is 2.70 bits per heavy atom. The molecule has 2 aromatic rings. The average Bonchev–Trinajstić information content (AvgIpc) is 2.75. The molecule has 1 aliphatic heterocycles. The Labute approximate surface area is 204 Å². The van der Waals surface area contributed by atoms with Gasteiger partial charge in [-0.25, -0.2) is 0 Å². The van der Waals surface area contributed by atoms with E-state index in [-0.39, 0.29) is 18.2 Å². The molecule has 0 aromatic heterocycles. The second-order valence-corrected chi connectivity index (χ2v) is 9.01. The Morgan fingerprint density at radius 2 is 1.97 bits per heavy atom. The molecule has 0 bridgehead atoms. The maximum atomic E-state index is 12.7. The molecule has 2 amide bonds. The number of carbonyl (C=O) groups is 2. The Kier molecular flexibility index (Phi) is 8.83. The first-order chi connectivity index (χ1) is 15.7. The number of nitrogens with one attached hydrogen (secondary N) is 1. The van der Waals surface area contributed by atoms with E-state index in [0.29, 0.717) is 52.5 Å². The van der Waals surface area contributed by atoms with Crippen LogP contribution in [0.15, 0.2) is 36.4 Å². The van der Waals surface area contributed by atoms with E-state index in [1.807, 2.05) is 14.1 Å². The van der Waals surface area contributed by atoms with Gasteiger partial charge in [0.25, 0.3) is 5.91 Å². The highest BCUT2D eigenvalue weighted by Gasteiger charge is 2.31. The quantitative estimate of drug-likeness (QED) is 0.478. The van der Waals surface area contributed by atoms with Gasteiger partial charge in [-0.05, 0) is 76.8 Å². The number of halogens is 2. The summed E-state index contributed by atoms with van der Waals surface area (Å²) < 4.78 is 11.4. The molecule has 0 fully saturated rings. The van der Waals surface area contributed by atoms with Crippen molar-refractivity contribution in [3.05, 3.63) is 46.4 Å². The van der Waals surface area contributed by atoms with Crippen molar-refractivity contribution in [2.75, 3.05) is 44.0 Å². The van der Waals surface area contributed by atoms with E-state index in [0.717, 1.165) is 13.0 Å². The van der Waals surface area contributed by atoms with Gasteiger partial charge in [-0.2, -0.15) is 0 Å². The summed E-state index contributed by atoms with van der Waals surface area (Å²) in [4.78, 5) is 28.9. The van der Waals surface area contributed by atoms with E-state index in [1.165, 1.54) is 0 Å². The van der Waals surface area contributed by atoms with Crippen LogP contribution in [-0.4, -0.2) is 56.6 Å². The van der Waals surface area contributed by atoms with E-state index in [1.54, 1.807) is 48.2 Å². The lowest BCUT2D eigenvalue weighted by molar-refractivity contribution is -0.125. The molecule has 3 rings (SSSR count). The minimum absolute atomic E-state index is 0.0808. The number of nitrogens with zero attached hydrogens (tertiary/aromatic N) is 2. The number of benzene rings is 2. The van der Waals surface area contributed by atoms with Crippen LogP contribution in [0.25, 0.3) is 0 Å². The summed E-state index contributed by atoms with van der Waals surface area (Å²) in [7, 11) is 4.00. The van der Waals surface area contributed by atoms with Crippen LogP contribution in [0.1, 0.15) is 26.2 Å². The van der Waals surface area contributed by atoms with Crippen molar-refractivity contribution in [2.24, 2.45) is 0 Å². The second kappa shape index (κ2) is 11.6. The molecular weight excluding hydrogens is 465 g/mol. The van der Waals surface area contributed by atoms with E-state index in [2.05, 4.69) is 10.2 Å². The summed E-state index contributed by atoms with van der Waals surface area (Å²) >= 11 is 12.0. The number of hydrogen-bond acceptors (Lipinski definition) is 5. The van der Waals surface area contributed by atoms with Gasteiger partial charge in [0.2, 0.25) is 5.91 Å². The molecule has 1 unspecified atom stereocenters. The summed E-state index contributed by atoms with van der Waals surface area (Å²) in [5, 5.41) is 3.86. The molecule has 0 saturated heterocycles. The first-order valence-electron chi connectivity index (χ1n) is 10.9. The zero-order chi connectivity index (χ0) is 24.0. The van der Waals surface area contributed by atoms with Crippen LogP contribution in [0.2, 0.25) is 10.0 Å². The first-order valence-corrected chi connectivity index (χ1v) is 11.6. The van der Waals surface area contributed by atoms with E-state index in [9.17, 15) is 9.59 Å². The fourth-order valence-electron chi connectivity index (χ4n) is 3.49. The minimum Gasteiger partial charge on any atom is -0.492 e. The number of hydrogen-bond donors (Lipinski definition) is 1. The molecule has 1 atom stereocenters. The molecule has 0 saturated carbocycles. The molecular formula is C24H29Cl2N3O4. The van der Waals surface area contributed by atoms with Crippen LogP contribution in [-0.2, 0) is 9.59 Å². The highest BCUT2D eigenvalue weighted by molar-refractivity contribution is 6.35. The highest BCUT2D eigenvalue weighted by atomic mass is 35.5. The van der Waals surface area contributed by atoms with Crippen molar-refractivity contribution < 1.29 is 19.1 Å². The molecule has 1 heterocycles. The third kappa shape index (κ3) is 7.00. The number of anilines is 2. The topological polar surface area (TPSA) is 71.1 Å². The summed E-state index contributed by atoms with van der Waals surface area (Å²) in [6.45, 7) is 3.55. The van der Waals surface area contributed by atoms with Crippen LogP contribution < -0.4 is 19.7 Å². The van der Waals surface area contributed by atoms with Crippen LogP contribution in [0.3, 0.4) is 0 Å². The van der Waals surface area contributed by atoms with Crippen LogP contribution >= 0.6 is 23.2 Å². The van der Waals surface area contributed by atoms with Gasteiger partial charge in [0.1, 0.15) is 11.5 Å². The molecule has 33 heavy (non-hydrogen) atoms. The first kappa shape index (κ1) is 25.1. The smallest absolute Gasteiger partial charge is 0.267 e. The number of rotatable bonds is 10. The second-order valence-electron chi connectivity index (χ2n) is 8.16. The number of carbonyl (C=O) groups excluding carboxylic acids is 2. The minimum atomic E-state index is -0.536. The number of fused-ring (bicyclic) bond motifs is 1. The van der Waals surface area contributed by atoms with Gasteiger partial charge in [-0.3, -0.25) is 9.59 Å². The molecule has 1 N–H and O–H groups in total. The maximum Gasteiger partial charge on any atom is 0.267 e. The lowest BCUT2D eigenvalue weighted by Gasteiger charge is -2.33. The van der Waals surface area contributed by atoms with E-state index < -0.39 is 6.10 Å². The highest BCUT2D eigenvalue weighted by Crippen LogP contribution is 2.36. The van der Waals surface area contributed by atoms with Crippen molar-refractivity contribution in [1.29, 1.82) is 0 Å². The fraction of sp³-hybridized carbons (Fsp3) is 0.417. The lowest BCUT2D eigenvalue weighted by atomic mass is 10.1. The predicted molar refractivity (Wildman–Crippen MR) is 132 cm³/mol. The third-order valence-corrected chi connectivity index (χ3v) is 5.67. The van der Waals surface area contributed by atoms with Crippen molar-refractivity contribution in [2.45, 2.75) is 32.3 Å². The molecule has 0 aliphatic carbocycles. The fourth-order valence-corrected chi connectivity index (χ4v) is 3.95. The SMILES string of the molecule is CC1Oc2ccc(NC(=O)CCCOc3ccc(Cl)cc3Cl)cc2N(CCCN(C)C)C1=O. The van der Waals surface area contributed by atoms with Crippen molar-refractivity contribution in [3.63, 3.8) is 0 Å². The largest absolute Gasteiger partial charge is 0.492 e. The van der Waals surface area contributed by atoms with Gasteiger partial charge < -0.3 is 24.6 Å². The van der Waals surface area contributed by atoms with E-state index in [4.69, 9.17) is 32.7 Å². The Bertz CT molecular complexity index is 1000. The Morgan fingerprint density at radius 1 is 1.18 bits per heavy atom. The molecule has 9 heteroatoms. The molecule has 1 aliphatic rings. The van der Waals surface area contributed by atoms with Gasteiger partial charge in [-0.15, -0.1) is 0 Å². The third-order valence-electron chi connectivity index (χ3n) is 5.14. The molecule has 7 nitrogen and oxygen atoms in total. The van der Waals surface area contributed by atoms with Gasteiger partial charge in [0.05, 0.1) is 17.3 Å². The van der Waals surface area contributed by atoms with Crippen molar-refractivity contribution in [1.82, 2.24) is 4.90 Å². The summed E-state index contributed by atoms with van der Waals surface area (Å²) in [5.74, 6) is 0.946.